The molecule has 0 radical (unpaired) electrons. The molecule has 0 aliphatic rings. The summed E-state index contributed by atoms with van der Waals surface area (Å²) < 4.78 is 26.2. The van der Waals surface area contributed by atoms with E-state index in [2.05, 4.69) is 4.72 Å². The van der Waals surface area contributed by atoms with Gasteiger partial charge < -0.3 is 5.11 Å². The molecule has 18 heavy (non-hydrogen) atoms. The van der Waals surface area contributed by atoms with Gasteiger partial charge in [-0.05, 0) is 34.5 Å². The zero-order valence-electron chi connectivity index (χ0n) is 8.99. The van der Waals surface area contributed by atoms with Gasteiger partial charge in [0.15, 0.2) is 0 Å². The van der Waals surface area contributed by atoms with E-state index >= 15 is 0 Å². The lowest BCUT2D eigenvalue weighted by Crippen LogP contribution is -2.22. The molecule has 2 aromatic heterocycles. The molecule has 96 valence electrons. The second-order valence-corrected chi connectivity index (χ2v) is 7.24. The first-order chi connectivity index (χ1) is 8.49. The summed E-state index contributed by atoms with van der Waals surface area (Å²) in [6.45, 7) is 0.201. The standard InChI is InChI=1S/C10H9NO4S3/c12-10(13)8-1-2-9(17-8)18(14,15)11-5-7-3-4-16-6-7/h1-4,6,11H,5H2,(H,12,13). The lowest BCUT2D eigenvalue weighted by Gasteiger charge is -2.02. The van der Waals surface area contributed by atoms with Gasteiger partial charge in [-0.25, -0.2) is 17.9 Å². The molecule has 2 rings (SSSR count). The maximum absolute atomic E-state index is 11.9. The van der Waals surface area contributed by atoms with Gasteiger partial charge in [0.1, 0.15) is 9.09 Å². The largest absolute Gasteiger partial charge is 0.477 e. The Balaban J connectivity index is 2.12. The van der Waals surface area contributed by atoms with E-state index < -0.39 is 16.0 Å². The molecule has 0 aliphatic heterocycles. The van der Waals surface area contributed by atoms with Gasteiger partial charge in [0.05, 0.1) is 0 Å². The number of carbonyl (C=O) groups is 1. The van der Waals surface area contributed by atoms with E-state index in [0.717, 1.165) is 16.9 Å². The predicted octanol–water partition coefficient (Wildman–Crippen LogP) is 1.99. The van der Waals surface area contributed by atoms with E-state index in [0.29, 0.717) is 0 Å². The van der Waals surface area contributed by atoms with Crippen molar-refractivity contribution >= 4 is 38.7 Å². The number of hydrogen-bond acceptors (Lipinski definition) is 5. The molecule has 2 N–H and O–H groups in total. The van der Waals surface area contributed by atoms with Crippen LogP contribution in [-0.4, -0.2) is 19.5 Å². The van der Waals surface area contributed by atoms with Crippen LogP contribution in [0, 0.1) is 0 Å². The summed E-state index contributed by atoms with van der Waals surface area (Å²) in [7, 11) is -3.64. The minimum absolute atomic E-state index is 0.00547. The Bertz CT molecular complexity index is 642. The molecule has 0 atom stereocenters. The summed E-state index contributed by atoms with van der Waals surface area (Å²) >= 11 is 2.22. The highest BCUT2D eigenvalue weighted by Gasteiger charge is 2.18. The molecule has 0 spiro atoms. The number of hydrogen-bond donors (Lipinski definition) is 2. The van der Waals surface area contributed by atoms with E-state index in [9.17, 15) is 13.2 Å². The first-order valence-electron chi connectivity index (χ1n) is 4.83. The van der Waals surface area contributed by atoms with E-state index in [1.807, 2.05) is 16.8 Å². The SMILES string of the molecule is O=C(O)c1ccc(S(=O)(=O)NCc2ccsc2)s1. The summed E-state index contributed by atoms with van der Waals surface area (Å²) in [5, 5.41) is 12.4. The Kier molecular flexibility index (Phi) is 3.81. The fraction of sp³-hybridized carbons (Fsp3) is 0.100. The zero-order chi connectivity index (χ0) is 13.2. The summed E-state index contributed by atoms with van der Waals surface area (Å²) in [6.07, 6.45) is 0. The Hall–Kier alpha value is -1.22. The lowest BCUT2D eigenvalue weighted by atomic mass is 10.4. The molecular weight excluding hydrogens is 294 g/mol. The molecular formula is C10H9NO4S3. The molecule has 5 nitrogen and oxygen atoms in total. The lowest BCUT2D eigenvalue weighted by molar-refractivity contribution is 0.0702. The molecule has 2 heterocycles. The molecule has 0 aliphatic carbocycles. The van der Waals surface area contributed by atoms with Crippen LogP contribution in [0.15, 0.2) is 33.2 Å². The van der Waals surface area contributed by atoms with Crippen molar-refractivity contribution in [2.45, 2.75) is 10.8 Å². The molecule has 0 bridgehead atoms. The van der Waals surface area contributed by atoms with E-state index in [-0.39, 0.29) is 15.6 Å². The van der Waals surface area contributed by atoms with Crippen molar-refractivity contribution in [1.82, 2.24) is 4.72 Å². The highest BCUT2D eigenvalue weighted by atomic mass is 32.2. The van der Waals surface area contributed by atoms with Crippen molar-refractivity contribution in [3.05, 3.63) is 39.4 Å². The fourth-order valence-corrected chi connectivity index (χ4v) is 4.10. The van der Waals surface area contributed by atoms with Crippen LogP contribution in [0.1, 0.15) is 15.2 Å². The van der Waals surface area contributed by atoms with Crippen LogP contribution in [0.5, 0.6) is 0 Å². The Morgan fingerprint density at radius 2 is 2.11 bits per heavy atom. The van der Waals surface area contributed by atoms with Crippen molar-refractivity contribution in [2.24, 2.45) is 0 Å². The van der Waals surface area contributed by atoms with Crippen LogP contribution in [0.3, 0.4) is 0 Å². The highest BCUT2D eigenvalue weighted by molar-refractivity contribution is 7.91. The number of thiophene rings is 2. The topological polar surface area (TPSA) is 83.5 Å². The molecule has 0 saturated heterocycles. The van der Waals surface area contributed by atoms with Crippen molar-refractivity contribution in [2.75, 3.05) is 0 Å². The van der Waals surface area contributed by atoms with Crippen LogP contribution in [-0.2, 0) is 16.6 Å². The summed E-state index contributed by atoms with van der Waals surface area (Å²) in [4.78, 5) is 10.7. The quantitative estimate of drug-likeness (QED) is 0.884. The van der Waals surface area contributed by atoms with Crippen LogP contribution >= 0.6 is 22.7 Å². The molecule has 0 unspecified atom stereocenters. The normalized spacial score (nSPS) is 11.6. The highest BCUT2D eigenvalue weighted by Crippen LogP contribution is 2.21. The fourth-order valence-electron chi connectivity index (χ4n) is 1.22. The molecule has 2 aromatic rings. The van der Waals surface area contributed by atoms with E-state index in [1.54, 1.807) is 0 Å². The Morgan fingerprint density at radius 1 is 1.33 bits per heavy atom. The van der Waals surface area contributed by atoms with E-state index in [4.69, 9.17) is 5.11 Å². The average molecular weight is 303 g/mol. The number of nitrogens with one attached hydrogen (secondary N) is 1. The first-order valence-corrected chi connectivity index (χ1v) is 8.07. The van der Waals surface area contributed by atoms with Gasteiger partial charge in [0, 0.05) is 6.54 Å². The second-order valence-electron chi connectivity index (χ2n) is 3.38. The zero-order valence-corrected chi connectivity index (χ0v) is 11.4. The molecule has 0 saturated carbocycles. The summed E-state index contributed by atoms with van der Waals surface area (Å²) in [6, 6.07) is 4.40. The van der Waals surface area contributed by atoms with Crippen molar-refractivity contribution in [1.29, 1.82) is 0 Å². The number of rotatable bonds is 5. The van der Waals surface area contributed by atoms with Gasteiger partial charge in [0.25, 0.3) is 0 Å². The van der Waals surface area contributed by atoms with Gasteiger partial charge in [-0.3, -0.25) is 0 Å². The summed E-state index contributed by atoms with van der Waals surface area (Å²) in [5.74, 6) is -1.13. The van der Waals surface area contributed by atoms with Gasteiger partial charge in [0.2, 0.25) is 10.0 Å². The van der Waals surface area contributed by atoms with Gasteiger partial charge >= 0.3 is 5.97 Å². The third-order valence-corrected chi connectivity index (χ3v) is 5.80. The van der Waals surface area contributed by atoms with Gasteiger partial charge in [-0.15, -0.1) is 11.3 Å². The Morgan fingerprint density at radius 3 is 2.67 bits per heavy atom. The first kappa shape index (κ1) is 13.2. The maximum atomic E-state index is 11.9. The van der Waals surface area contributed by atoms with Crippen molar-refractivity contribution in [3.8, 4) is 0 Å². The number of sulfonamides is 1. The van der Waals surface area contributed by atoms with Crippen LogP contribution in [0.25, 0.3) is 0 Å². The number of carboxylic acids is 1. The number of carboxylic acid groups (broad SMARTS) is 1. The third kappa shape index (κ3) is 2.96. The smallest absolute Gasteiger partial charge is 0.345 e. The molecule has 0 amide bonds. The molecule has 0 fully saturated rings. The summed E-state index contributed by atoms with van der Waals surface area (Å²) in [5.41, 5.74) is 0.874. The number of aromatic carboxylic acids is 1. The average Bonchev–Trinajstić information content (AvgIpc) is 2.98. The molecule has 0 aromatic carbocycles. The van der Waals surface area contributed by atoms with Gasteiger partial charge in [-0.2, -0.15) is 11.3 Å². The van der Waals surface area contributed by atoms with Crippen LogP contribution in [0.4, 0.5) is 0 Å². The van der Waals surface area contributed by atoms with Crippen LogP contribution in [0.2, 0.25) is 0 Å². The maximum Gasteiger partial charge on any atom is 0.345 e. The second kappa shape index (κ2) is 5.19. The van der Waals surface area contributed by atoms with Crippen molar-refractivity contribution in [3.63, 3.8) is 0 Å². The predicted molar refractivity (Wildman–Crippen MR) is 69.6 cm³/mol. The van der Waals surface area contributed by atoms with E-state index in [1.165, 1.54) is 23.5 Å². The van der Waals surface area contributed by atoms with Crippen molar-refractivity contribution < 1.29 is 18.3 Å². The Labute approximate surface area is 112 Å². The molecule has 8 heteroatoms. The minimum Gasteiger partial charge on any atom is -0.477 e. The minimum atomic E-state index is -3.64. The van der Waals surface area contributed by atoms with Gasteiger partial charge in [-0.1, -0.05) is 0 Å². The van der Waals surface area contributed by atoms with Crippen LogP contribution < -0.4 is 4.72 Å². The third-order valence-electron chi connectivity index (χ3n) is 2.10. The monoisotopic (exact) mass is 303 g/mol.